The van der Waals surface area contributed by atoms with E-state index in [9.17, 15) is 9.59 Å². The molecular formula is C22H21N3O4. The van der Waals surface area contributed by atoms with Crippen molar-refractivity contribution in [3.8, 4) is 11.5 Å². The molecule has 2 unspecified atom stereocenters. The fraction of sp³-hybridized carbons (Fsp3) is 0.318. The highest BCUT2D eigenvalue weighted by Gasteiger charge is 2.39. The molecule has 2 aliphatic heterocycles. The molecule has 1 N–H and O–H groups in total. The molecule has 0 aliphatic carbocycles. The molecule has 5 rings (SSSR count). The van der Waals surface area contributed by atoms with Crippen molar-refractivity contribution in [2.75, 3.05) is 18.1 Å². The molecule has 0 radical (unpaired) electrons. The second-order valence-corrected chi connectivity index (χ2v) is 7.40. The zero-order valence-corrected chi connectivity index (χ0v) is 15.8. The summed E-state index contributed by atoms with van der Waals surface area (Å²) in [5.41, 5.74) is 2.85. The van der Waals surface area contributed by atoms with E-state index in [0.717, 1.165) is 36.1 Å². The standard InChI is InChI=1S/C22H21N3O4/c26-20-12-18(23-13-16-4-3-11-28-16)22(27)25(20)15-9-7-14(8-10-15)21-24-17-5-1-2-6-19(17)29-21/h1-2,5-10,16,18,23H,3-4,11-13H2. The molecule has 2 aliphatic rings. The zero-order chi connectivity index (χ0) is 19.8. The number of rotatable bonds is 5. The molecule has 7 heteroatoms. The van der Waals surface area contributed by atoms with E-state index in [1.54, 1.807) is 12.1 Å². The highest BCUT2D eigenvalue weighted by molar-refractivity contribution is 6.22. The van der Waals surface area contributed by atoms with Gasteiger partial charge in [0.05, 0.1) is 24.3 Å². The van der Waals surface area contributed by atoms with E-state index in [0.29, 0.717) is 18.1 Å². The monoisotopic (exact) mass is 391 g/mol. The third-order valence-corrected chi connectivity index (χ3v) is 5.43. The minimum absolute atomic E-state index is 0.127. The Morgan fingerprint density at radius 2 is 1.93 bits per heavy atom. The first-order valence-corrected chi connectivity index (χ1v) is 9.87. The maximum Gasteiger partial charge on any atom is 0.251 e. The molecule has 1 aromatic heterocycles. The van der Waals surface area contributed by atoms with Crippen LogP contribution in [0.5, 0.6) is 0 Å². The van der Waals surface area contributed by atoms with Crippen molar-refractivity contribution in [1.82, 2.24) is 10.3 Å². The average molecular weight is 391 g/mol. The van der Waals surface area contributed by atoms with Gasteiger partial charge in [-0.15, -0.1) is 0 Å². The van der Waals surface area contributed by atoms with E-state index < -0.39 is 6.04 Å². The van der Waals surface area contributed by atoms with Gasteiger partial charge in [0.1, 0.15) is 5.52 Å². The second kappa shape index (κ2) is 7.42. The number of ether oxygens (including phenoxy) is 1. The number of fused-ring (bicyclic) bond motifs is 1. The first kappa shape index (κ1) is 18.0. The van der Waals surface area contributed by atoms with E-state index in [2.05, 4.69) is 10.3 Å². The van der Waals surface area contributed by atoms with Gasteiger partial charge in [-0.2, -0.15) is 0 Å². The highest BCUT2D eigenvalue weighted by atomic mass is 16.5. The summed E-state index contributed by atoms with van der Waals surface area (Å²) >= 11 is 0. The van der Waals surface area contributed by atoms with Crippen molar-refractivity contribution in [2.24, 2.45) is 0 Å². The Bertz CT molecular complexity index is 1020. The van der Waals surface area contributed by atoms with E-state index in [1.807, 2.05) is 36.4 Å². The fourth-order valence-corrected chi connectivity index (χ4v) is 3.89. The third-order valence-electron chi connectivity index (χ3n) is 5.43. The number of oxazole rings is 1. The van der Waals surface area contributed by atoms with Gasteiger partial charge in [0, 0.05) is 18.7 Å². The first-order valence-electron chi connectivity index (χ1n) is 9.87. The average Bonchev–Trinajstić information content (AvgIpc) is 3.46. The van der Waals surface area contributed by atoms with E-state index >= 15 is 0 Å². The molecule has 0 bridgehead atoms. The van der Waals surface area contributed by atoms with Crippen LogP contribution in [0.15, 0.2) is 52.9 Å². The van der Waals surface area contributed by atoms with Crippen LogP contribution in [-0.4, -0.2) is 42.1 Å². The largest absolute Gasteiger partial charge is 0.436 e. The quantitative estimate of drug-likeness (QED) is 0.673. The summed E-state index contributed by atoms with van der Waals surface area (Å²) in [7, 11) is 0. The van der Waals surface area contributed by atoms with E-state index in [1.165, 1.54) is 4.90 Å². The van der Waals surface area contributed by atoms with Gasteiger partial charge in [-0.1, -0.05) is 12.1 Å². The maximum absolute atomic E-state index is 12.8. The Balaban J connectivity index is 1.31. The van der Waals surface area contributed by atoms with E-state index in [-0.39, 0.29) is 24.3 Å². The number of hydrogen-bond donors (Lipinski definition) is 1. The molecular weight excluding hydrogens is 370 g/mol. The van der Waals surface area contributed by atoms with Crippen LogP contribution in [0.2, 0.25) is 0 Å². The van der Waals surface area contributed by atoms with Crippen LogP contribution in [-0.2, 0) is 14.3 Å². The Morgan fingerprint density at radius 3 is 2.69 bits per heavy atom. The van der Waals surface area contributed by atoms with Crippen LogP contribution in [0.3, 0.4) is 0 Å². The van der Waals surface area contributed by atoms with Crippen molar-refractivity contribution in [1.29, 1.82) is 0 Å². The van der Waals surface area contributed by atoms with Crippen LogP contribution in [0.25, 0.3) is 22.6 Å². The van der Waals surface area contributed by atoms with Gasteiger partial charge in [-0.3, -0.25) is 9.59 Å². The summed E-state index contributed by atoms with van der Waals surface area (Å²) < 4.78 is 11.4. The van der Waals surface area contributed by atoms with Crippen LogP contribution in [0.1, 0.15) is 19.3 Å². The number of anilines is 1. The smallest absolute Gasteiger partial charge is 0.251 e. The summed E-state index contributed by atoms with van der Waals surface area (Å²) in [6.45, 7) is 1.36. The van der Waals surface area contributed by atoms with Crippen LogP contribution in [0.4, 0.5) is 5.69 Å². The molecule has 29 heavy (non-hydrogen) atoms. The first-order chi connectivity index (χ1) is 14.2. The predicted octanol–water partition coefficient (Wildman–Crippen LogP) is 2.90. The topological polar surface area (TPSA) is 84.7 Å². The number of para-hydroxylation sites is 2. The van der Waals surface area contributed by atoms with Gasteiger partial charge in [0.15, 0.2) is 5.58 Å². The number of nitrogens with zero attached hydrogens (tertiary/aromatic N) is 2. The van der Waals surface area contributed by atoms with Crippen LogP contribution >= 0.6 is 0 Å². The summed E-state index contributed by atoms with van der Waals surface area (Å²) in [5.74, 6) is 0.0880. The van der Waals surface area contributed by atoms with E-state index in [4.69, 9.17) is 9.15 Å². The number of imide groups is 1. The van der Waals surface area contributed by atoms with Crippen LogP contribution < -0.4 is 10.2 Å². The van der Waals surface area contributed by atoms with Crippen molar-refractivity contribution in [3.05, 3.63) is 48.5 Å². The van der Waals surface area contributed by atoms with Gasteiger partial charge in [-0.05, 0) is 49.2 Å². The van der Waals surface area contributed by atoms with Gasteiger partial charge in [-0.25, -0.2) is 9.88 Å². The summed E-state index contributed by atoms with van der Waals surface area (Å²) in [6.07, 6.45) is 2.33. The summed E-state index contributed by atoms with van der Waals surface area (Å²) in [6, 6.07) is 14.2. The highest BCUT2D eigenvalue weighted by Crippen LogP contribution is 2.28. The zero-order valence-electron chi connectivity index (χ0n) is 15.8. The number of benzene rings is 2. The SMILES string of the molecule is O=C1CC(NCC2CCCO2)C(=O)N1c1ccc(-c2nc3ccccc3o2)cc1. The van der Waals surface area contributed by atoms with Gasteiger partial charge in [0.2, 0.25) is 11.8 Å². The lowest BCUT2D eigenvalue weighted by atomic mass is 10.2. The lowest BCUT2D eigenvalue weighted by Crippen LogP contribution is -2.41. The summed E-state index contributed by atoms with van der Waals surface area (Å²) in [5, 5.41) is 3.19. The normalized spacial score (nSPS) is 22.1. The molecule has 2 fully saturated rings. The van der Waals surface area contributed by atoms with Crippen molar-refractivity contribution >= 4 is 28.6 Å². The minimum Gasteiger partial charge on any atom is -0.436 e. The molecule has 3 heterocycles. The molecule has 3 aromatic rings. The summed E-state index contributed by atoms with van der Waals surface area (Å²) in [4.78, 5) is 31.0. The maximum atomic E-state index is 12.8. The van der Waals surface area contributed by atoms with Gasteiger partial charge in [0.25, 0.3) is 5.91 Å². The molecule has 2 amide bonds. The fourth-order valence-electron chi connectivity index (χ4n) is 3.89. The molecule has 2 aromatic carbocycles. The molecule has 148 valence electrons. The molecule has 2 atom stereocenters. The molecule has 0 spiro atoms. The Morgan fingerprint density at radius 1 is 1.10 bits per heavy atom. The van der Waals surface area contributed by atoms with Gasteiger partial charge < -0.3 is 14.5 Å². The molecule has 7 nitrogen and oxygen atoms in total. The van der Waals surface area contributed by atoms with Crippen molar-refractivity contribution < 1.29 is 18.7 Å². The lowest BCUT2D eigenvalue weighted by Gasteiger charge is -2.17. The Kier molecular flexibility index (Phi) is 4.61. The minimum atomic E-state index is -0.497. The van der Waals surface area contributed by atoms with Crippen molar-refractivity contribution in [3.63, 3.8) is 0 Å². The van der Waals surface area contributed by atoms with Gasteiger partial charge >= 0.3 is 0 Å². The van der Waals surface area contributed by atoms with Crippen LogP contribution in [0, 0.1) is 0 Å². The second-order valence-electron chi connectivity index (χ2n) is 7.40. The Labute approximate surface area is 167 Å². The predicted molar refractivity (Wildman–Crippen MR) is 107 cm³/mol. The number of nitrogens with one attached hydrogen (secondary N) is 1. The van der Waals surface area contributed by atoms with Crippen molar-refractivity contribution in [2.45, 2.75) is 31.4 Å². The number of carbonyl (C=O) groups excluding carboxylic acids is 2. The number of aromatic nitrogens is 1. The molecule has 2 saturated heterocycles. The lowest BCUT2D eigenvalue weighted by molar-refractivity contribution is -0.121. The number of amides is 2. The number of carbonyl (C=O) groups is 2. The Hall–Kier alpha value is -3.03. The molecule has 0 saturated carbocycles. The third kappa shape index (κ3) is 3.43. The number of hydrogen-bond acceptors (Lipinski definition) is 6.